The summed E-state index contributed by atoms with van der Waals surface area (Å²) in [5, 5.41) is 0. The van der Waals surface area contributed by atoms with E-state index in [1.54, 1.807) is 0 Å². The van der Waals surface area contributed by atoms with E-state index < -0.39 is 0 Å². The fourth-order valence-corrected chi connectivity index (χ4v) is 7.56. The normalized spacial score (nSPS) is 15.8. The predicted molar refractivity (Wildman–Crippen MR) is 193 cm³/mol. The zero-order valence-electron chi connectivity index (χ0n) is 28.8. The zero-order chi connectivity index (χ0) is 32.1. The fourth-order valence-electron chi connectivity index (χ4n) is 7.56. The summed E-state index contributed by atoms with van der Waals surface area (Å²) >= 11 is 0. The molecule has 0 spiro atoms. The predicted octanol–water partition coefficient (Wildman–Crippen LogP) is 11.9. The number of aromatic nitrogens is 1. The molecule has 0 bridgehead atoms. The first-order chi connectivity index (χ1) is 21.4. The lowest BCUT2D eigenvalue weighted by Gasteiger charge is -2.39. The molecule has 45 heavy (non-hydrogen) atoms. The number of rotatable bonds is 5. The lowest BCUT2D eigenvalue weighted by atomic mass is 9.66. The van der Waals surface area contributed by atoms with Crippen molar-refractivity contribution in [2.75, 3.05) is 0 Å². The quantitative estimate of drug-likeness (QED) is 0.179. The molecular weight excluding hydrogens is 542 g/mol. The van der Waals surface area contributed by atoms with Gasteiger partial charge in [0.25, 0.3) is 0 Å². The van der Waals surface area contributed by atoms with E-state index in [1.807, 2.05) is 0 Å². The highest BCUT2D eigenvalue weighted by molar-refractivity contribution is 5.83. The van der Waals surface area contributed by atoms with Gasteiger partial charge in [-0.15, -0.1) is 0 Å². The monoisotopic (exact) mass is 592 g/mol. The lowest BCUT2D eigenvalue weighted by Crippen LogP contribution is -2.54. The Morgan fingerprint density at radius 3 is 1.49 bits per heavy atom. The third-order valence-electron chi connectivity index (χ3n) is 10.6. The average molecular weight is 593 g/mol. The van der Waals surface area contributed by atoms with Gasteiger partial charge in [-0.25, -0.2) is 0 Å². The summed E-state index contributed by atoms with van der Waals surface area (Å²) in [5.74, 6) is 0. The summed E-state index contributed by atoms with van der Waals surface area (Å²) in [6.45, 7) is 20.8. The number of pyridine rings is 1. The van der Waals surface area contributed by atoms with Crippen LogP contribution in [0.1, 0.15) is 97.9 Å². The number of nitrogens with zero attached hydrogens (tertiary/aromatic N) is 1. The third-order valence-corrected chi connectivity index (χ3v) is 10.6. The molecule has 1 heteroatoms. The van der Waals surface area contributed by atoms with Gasteiger partial charge in [-0.2, -0.15) is 4.57 Å². The van der Waals surface area contributed by atoms with Crippen molar-refractivity contribution in [3.63, 3.8) is 0 Å². The van der Waals surface area contributed by atoms with Crippen LogP contribution in [-0.2, 0) is 16.2 Å². The van der Waals surface area contributed by atoms with E-state index in [4.69, 9.17) is 0 Å². The van der Waals surface area contributed by atoms with Crippen molar-refractivity contribution in [1.82, 2.24) is 0 Å². The molecule has 0 N–H and O–H groups in total. The van der Waals surface area contributed by atoms with Crippen LogP contribution in [0.25, 0.3) is 44.6 Å². The Balaban J connectivity index is 1.54. The summed E-state index contributed by atoms with van der Waals surface area (Å²) in [6.07, 6.45) is 4.51. The van der Waals surface area contributed by atoms with Crippen molar-refractivity contribution in [3.8, 4) is 44.6 Å². The van der Waals surface area contributed by atoms with Crippen LogP contribution in [0, 0.1) is 0 Å². The molecule has 0 saturated heterocycles. The second kappa shape index (κ2) is 11.4. The number of fused-ring (bicyclic) bond motifs is 3. The van der Waals surface area contributed by atoms with Gasteiger partial charge in [0.05, 0.1) is 11.0 Å². The van der Waals surface area contributed by atoms with Crippen LogP contribution in [0.2, 0.25) is 0 Å². The minimum absolute atomic E-state index is 0.115. The van der Waals surface area contributed by atoms with Crippen molar-refractivity contribution in [2.45, 2.75) is 97.4 Å². The van der Waals surface area contributed by atoms with Crippen LogP contribution in [0.4, 0.5) is 0 Å². The molecule has 1 atom stereocenters. The summed E-state index contributed by atoms with van der Waals surface area (Å²) in [5.41, 5.74) is 14.8. The number of benzene rings is 4. The maximum atomic E-state index is 2.51. The van der Waals surface area contributed by atoms with E-state index in [0.717, 1.165) is 12.8 Å². The molecule has 0 amide bonds. The maximum absolute atomic E-state index is 2.51. The third kappa shape index (κ3) is 5.56. The minimum Gasteiger partial charge on any atom is -0.195 e. The average Bonchev–Trinajstić information content (AvgIpc) is 3.04. The zero-order valence-corrected chi connectivity index (χ0v) is 28.8. The van der Waals surface area contributed by atoms with Crippen molar-refractivity contribution in [2.24, 2.45) is 0 Å². The maximum Gasteiger partial charge on any atom is 0.213 e. The molecule has 6 rings (SSSR count). The summed E-state index contributed by atoms with van der Waals surface area (Å²) < 4.78 is 2.51. The molecule has 2 heterocycles. The Bertz CT molecular complexity index is 1750. The highest BCUT2D eigenvalue weighted by Gasteiger charge is 2.47. The molecule has 1 unspecified atom stereocenters. The van der Waals surface area contributed by atoms with Crippen molar-refractivity contribution in [3.05, 3.63) is 126 Å². The van der Waals surface area contributed by atoms with Gasteiger partial charge in [-0.1, -0.05) is 116 Å². The van der Waals surface area contributed by atoms with E-state index in [9.17, 15) is 0 Å². The second-order valence-corrected chi connectivity index (χ2v) is 15.2. The minimum atomic E-state index is 0.115. The summed E-state index contributed by atoms with van der Waals surface area (Å²) in [7, 11) is 0. The van der Waals surface area contributed by atoms with E-state index in [1.165, 1.54) is 61.3 Å². The van der Waals surface area contributed by atoms with Crippen molar-refractivity contribution < 1.29 is 4.57 Å². The van der Waals surface area contributed by atoms with Gasteiger partial charge in [0.2, 0.25) is 5.69 Å². The molecule has 230 valence electrons. The smallest absolute Gasteiger partial charge is 0.195 e. The first kappa shape index (κ1) is 31.0. The van der Waals surface area contributed by atoms with E-state index in [-0.39, 0.29) is 16.2 Å². The van der Waals surface area contributed by atoms with Crippen molar-refractivity contribution in [1.29, 1.82) is 0 Å². The summed E-state index contributed by atoms with van der Waals surface area (Å²) in [6, 6.07) is 39.8. The Labute approximate surface area is 272 Å². The van der Waals surface area contributed by atoms with Crippen LogP contribution in [0.5, 0.6) is 0 Å². The Morgan fingerprint density at radius 2 is 1.02 bits per heavy atom. The Morgan fingerprint density at radius 1 is 0.556 bits per heavy atom. The van der Waals surface area contributed by atoms with Gasteiger partial charge in [0.15, 0.2) is 12.2 Å². The van der Waals surface area contributed by atoms with E-state index in [0.29, 0.717) is 6.04 Å². The van der Waals surface area contributed by atoms with Gasteiger partial charge >= 0.3 is 0 Å². The highest BCUT2D eigenvalue weighted by Crippen LogP contribution is 2.48. The molecule has 1 aromatic heterocycles. The molecule has 0 fully saturated rings. The van der Waals surface area contributed by atoms with Gasteiger partial charge in [0.1, 0.15) is 0 Å². The first-order valence-corrected chi connectivity index (χ1v) is 16.9. The van der Waals surface area contributed by atoms with Gasteiger partial charge in [-0.05, 0) is 111 Å². The van der Waals surface area contributed by atoms with Crippen LogP contribution < -0.4 is 4.57 Å². The largest absolute Gasteiger partial charge is 0.213 e. The van der Waals surface area contributed by atoms with Crippen molar-refractivity contribution >= 4 is 0 Å². The van der Waals surface area contributed by atoms with E-state index >= 15 is 0 Å². The molecule has 1 aliphatic heterocycles. The fraction of sp³-hybridized carbons (Fsp3) is 0.341. The standard InChI is InChI=1S/C44H50N/c1-10-44(11-2)30(3)45-25-13-12-14-41(45)39-29-33(19-24-40(39)44)36-27-34(31-15-20-37(21-16-31)42(4,5)6)26-35(28-36)32-17-22-38(23-18-32)43(7,8)9/h12-30H,10-11H2,1-9H3/q+1. The molecule has 5 aromatic rings. The van der Waals surface area contributed by atoms with E-state index in [2.05, 4.69) is 176 Å². The SMILES string of the molecule is CCC1(CC)c2ccc(-c3cc(-c4ccc(C(C)(C)C)cc4)cc(-c4ccc(C(C)(C)C)cc4)c3)cc2-c2cccc[n+]2C1C. The summed E-state index contributed by atoms with van der Waals surface area (Å²) in [4.78, 5) is 0. The number of hydrogen-bond donors (Lipinski definition) is 0. The molecule has 1 aliphatic rings. The first-order valence-electron chi connectivity index (χ1n) is 16.9. The topological polar surface area (TPSA) is 3.88 Å². The molecular formula is C44H50N+. The second-order valence-electron chi connectivity index (χ2n) is 15.2. The van der Waals surface area contributed by atoms with Crippen LogP contribution in [0.3, 0.4) is 0 Å². The molecule has 0 saturated carbocycles. The number of hydrogen-bond acceptors (Lipinski definition) is 0. The van der Waals surface area contributed by atoms with Crippen LogP contribution in [-0.4, -0.2) is 0 Å². The van der Waals surface area contributed by atoms with Crippen LogP contribution >= 0.6 is 0 Å². The Hall–Kier alpha value is -3.97. The van der Waals surface area contributed by atoms with Gasteiger partial charge in [-0.3, -0.25) is 0 Å². The van der Waals surface area contributed by atoms with Gasteiger partial charge in [0, 0.05) is 12.1 Å². The highest BCUT2D eigenvalue weighted by atomic mass is 15.0. The molecule has 0 radical (unpaired) electrons. The molecule has 0 aliphatic carbocycles. The molecule has 4 aromatic carbocycles. The molecule has 1 nitrogen and oxygen atoms in total. The lowest BCUT2D eigenvalue weighted by molar-refractivity contribution is -0.721. The van der Waals surface area contributed by atoms with Crippen LogP contribution in [0.15, 0.2) is 109 Å². The Kier molecular flexibility index (Phi) is 7.88. The van der Waals surface area contributed by atoms with Gasteiger partial charge < -0.3 is 0 Å².